The number of aromatic nitrogens is 1. The van der Waals surface area contributed by atoms with Gasteiger partial charge in [-0.2, -0.15) is 0 Å². The van der Waals surface area contributed by atoms with Gasteiger partial charge in [-0.15, -0.1) is 11.3 Å². The Morgan fingerprint density at radius 3 is 2.86 bits per heavy atom. The molecule has 0 spiro atoms. The summed E-state index contributed by atoms with van der Waals surface area (Å²) in [5.41, 5.74) is 2.49. The number of methoxy groups -OCH3 is 1. The summed E-state index contributed by atoms with van der Waals surface area (Å²) in [4.78, 5) is 18.6. The number of nitrogens with zero attached hydrogens (tertiary/aromatic N) is 2. The SMILES string of the molecule is COCCN(CCO)C(=O)c1cccc(-c2nc(C)cs2)c1. The minimum Gasteiger partial charge on any atom is -0.395 e. The van der Waals surface area contributed by atoms with Crippen molar-refractivity contribution in [2.24, 2.45) is 0 Å². The van der Waals surface area contributed by atoms with Crippen LogP contribution in [0, 0.1) is 6.92 Å². The Morgan fingerprint density at radius 2 is 2.23 bits per heavy atom. The van der Waals surface area contributed by atoms with Gasteiger partial charge in [0.1, 0.15) is 5.01 Å². The minimum absolute atomic E-state index is 0.0686. The Hall–Kier alpha value is -1.76. The summed E-state index contributed by atoms with van der Waals surface area (Å²) in [6.45, 7) is 3.07. The summed E-state index contributed by atoms with van der Waals surface area (Å²) in [6.07, 6.45) is 0. The van der Waals surface area contributed by atoms with Crippen LogP contribution in [-0.2, 0) is 4.74 Å². The summed E-state index contributed by atoms with van der Waals surface area (Å²) in [7, 11) is 1.59. The molecule has 0 aliphatic heterocycles. The van der Waals surface area contributed by atoms with E-state index in [1.54, 1.807) is 29.4 Å². The second kappa shape index (κ2) is 8.03. The number of hydrogen-bond acceptors (Lipinski definition) is 5. The number of carbonyl (C=O) groups excluding carboxylic acids is 1. The maximum Gasteiger partial charge on any atom is 0.254 e. The van der Waals surface area contributed by atoms with E-state index in [1.165, 1.54) is 0 Å². The topological polar surface area (TPSA) is 62.7 Å². The van der Waals surface area contributed by atoms with Gasteiger partial charge in [-0.05, 0) is 19.1 Å². The first-order valence-corrected chi connectivity index (χ1v) is 7.95. The summed E-state index contributed by atoms with van der Waals surface area (Å²) in [5.74, 6) is -0.110. The van der Waals surface area contributed by atoms with Gasteiger partial charge < -0.3 is 14.7 Å². The van der Waals surface area contributed by atoms with E-state index in [0.29, 0.717) is 25.3 Å². The monoisotopic (exact) mass is 320 g/mol. The van der Waals surface area contributed by atoms with E-state index in [4.69, 9.17) is 9.84 Å². The number of amides is 1. The quantitative estimate of drug-likeness (QED) is 0.849. The lowest BCUT2D eigenvalue weighted by Crippen LogP contribution is -2.36. The molecule has 6 heteroatoms. The molecule has 0 bridgehead atoms. The summed E-state index contributed by atoms with van der Waals surface area (Å²) < 4.78 is 5.02. The Morgan fingerprint density at radius 1 is 1.41 bits per heavy atom. The first kappa shape index (κ1) is 16.6. The second-order valence-electron chi connectivity index (χ2n) is 4.88. The molecule has 1 aromatic carbocycles. The zero-order chi connectivity index (χ0) is 15.9. The highest BCUT2D eigenvalue weighted by Crippen LogP contribution is 2.24. The number of aliphatic hydroxyl groups excluding tert-OH is 1. The zero-order valence-corrected chi connectivity index (χ0v) is 13.6. The highest BCUT2D eigenvalue weighted by Gasteiger charge is 2.16. The molecular weight excluding hydrogens is 300 g/mol. The molecule has 0 aliphatic rings. The van der Waals surface area contributed by atoms with Gasteiger partial charge in [0.05, 0.1) is 13.2 Å². The van der Waals surface area contributed by atoms with Crippen LogP contribution in [0.15, 0.2) is 29.6 Å². The number of ether oxygens (including phenoxy) is 1. The van der Waals surface area contributed by atoms with Gasteiger partial charge >= 0.3 is 0 Å². The number of aryl methyl sites for hydroxylation is 1. The molecule has 0 fully saturated rings. The standard InChI is InChI=1S/C16H20N2O3S/c1-12-11-22-15(17-12)13-4-3-5-14(10-13)16(20)18(6-8-19)7-9-21-2/h3-5,10-11,19H,6-9H2,1-2H3. The molecule has 5 nitrogen and oxygen atoms in total. The van der Waals surface area contributed by atoms with Gasteiger partial charge in [0.2, 0.25) is 0 Å². The van der Waals surface area contributed by atoms with Crippen molar-refractivity contribution >= 4 is 17.2 Å². The molecule has 118 valence electrons. The molecule has 0 atom stereocenters. The number of hydrogen-bond donors (Lipinski definition) is 1. The van der Waals surface area contributed by atoms with Crippen LogP contribution in [0.1, 0.15) is 16.1 Å². The molecule has 0 saturated carbocycles. The Balaban J connectivity index is 2.21. The second-order valence-corrected chi connectivity index (χ2v) is 5.74. The minimum atomic E-state index is -0.110. The van der Waals surface area contributed by atoms with E-state index in [1.807, 2.05) is 30.5 Å². The Labute approximate surface area is 134 Å². The van der Waals surface area contributed by atoms with Crippen molar-refractivity contribution in [3.63, 3.8) is 0 Å². The molecule has 1 aromatic heterocycles. The fraction of sp³-hybridized carbons (Fsp3) is 0.375. The van der Waals surface area contributed by atoms with Crippen molar-refractivity contribution in [2.75, 3.05) is 33.4 Å². The van der Waals surface area contributed by atoms with Crippen LogP contribution < -0.4 is 0 Å². The molecule has 0 saturated heterocycles. The van der Waals surface area contributed by atoms with Crippen molar-refractivity contribution < 1.29 is 14.6 Å². The van der Waals surface area contributed by atoms with Gasteiger partial charge in [0.15, 0.2) is 0 Å². The van der Waals surface area contributed by atoms with E-state index in [0.717, 1.165) is 16.3 Å². The molecule has 1 amide bonds. The van der Waals surface area contributed by atoms with Crippen LogP contribution in [-0.4, -0.2) is 54.3 Å². The molecule has 22 heavy (non-hydrogen) atoms. The smallest absolute Gasteiger partial charge is 0.254 e. The van der Waals surface area contributed by atoms with Crippen molar-refractivity contribution in [1.29, 1.82) is 0 Å². The third-order valence-electron chi connectivity index (χ3n) is 3.20. The van der Waals surface area contributed by atoms with E-state index < -0.39 is 0 Å². The van der Waals surface area contributed by atoms with Gasteiger partial charge in [-0.1, -0.05) is 12.1 Å². The van der Waals surface area contributed by atoms with E-state index >= 15 is 0 Å². The predicted molar refractivity (Wildman–Crippen MR) is 87.2 cm³/mol. The first-order valence-electron chi connectivity index (χ1n) is 7.07. The number of aliphatic hydroxyl groups is 1. The number of thiazole rings is 1. The molecule has 1 heterocycles. The fourth-order valence-corrected chi connectivity index (χ4v) is 2.89. The molecule has 1 N–H and O–H groups in total. The van der Waals surface area contributed by atoms with Crippen molar-refractivity contribution in [2.45, 2.75) is 6.92 Å². The van der Waals surface area contributed by atoms with Crippen molar-refractivity contribution in [3.8, 4) is 10.6 Å². The normalized spacial score (nSPS) is 10.7. The van der Waals surface area contributed by atoms with Crippen LogP contribution in [0.2, 0.25) is 0 Å². The number of carbonyl (C=O) groups is 1. The van der Waals surface area contributed by atoms with Gasteiger partial charge in [0.25, 0.3) is 5.91 Å². The third kappa shape index (κ3) is 4.13. The van der Waals surface area contributed by atoms with E-state index in [9.17, 15) is 4.79 Å². The maximum absolute atomic E-state index is 12.6. The first-order chi connectivity index (χ1) is 10.7. The van der Waals surface area contributed by atoms with Crippen LogP contribution in [0.3, 0.4) is 0 Å². The van der Waals surface area contributed by atoms with Crippen LogP contribution >= 0.6 is 11.3 Å². The van der Waals surface area contributed by atoms with Crippen LogP contribution in [0.5, 0.6) is 0 Å². The number of rotatable bonds is 7. The van der Waals surface area contributed by atoms with Crippen LogP contribution in [0.4, 0.5) is 0 Å². The average Bonchev–Trinajstić information content (AvgIpc) is 2.97. The predicted octanol–water partition coefficient (Wildman–Crippen LogP) is 2.20. The van der Waals surface area contributed by atoms with Gasteiger partial charge in [-0.25, -0.2) is 4.98 Å². The van der Waals surface area contributed by atoms with Crippen molar-refractivity contribution in [1.82, 2.24) is 9.88 Å². The molecular formula is C16H20N2O3S. The molecule has 0 aliphatic carbocycles. The lowest BCUT2D eigenvalue weighted by atomic mass is 10.1. The Kier molecular flexibility index (Phi) is 6.06. The zero-order valence-electron chi connectivity index (χ0n) is 12.8. The lowest BCUT2D eigenvalue weighted by Gasteiger charge is -2.21. The van der Waals surface area contributed by atoms with Crippen molar-refractivity contribution in [3.05, 3.63) is 40.9 Å². The fourth-order valence-electron chi connectivity index (χ4n) is 2.09. The molecule has 2 rings (SSSR count). The molecule has 2 aromatic rings. The van der Waals surface area contributed by atoms with Crippen LogP contribution in [0.25, 0.3) is 10.6 Å². The largest absolute Gasteiger partial charge is 0.395 e. The molecule has 0 unspecified atom stereocenters. The lowest BCUT2D eigenvalue weighted by molar-refractivity contribution is 0.0656. The molecule has 0 radical (unpaired) electrons. The highest BCUT2D eigenvalue weighted by molar-refractivity contribution is 7.13. The summed E-state index contributed by atoms with van der Waals surface area (Å²) in [6, 6.07) is 7.43. The Bertz CT molecular complexity index is 627. The van der Waals surface area contributed by atoms with Gasteiger partial charge in [-0.3, -0.25) is 4.79 Å². The number of benzene rings is 1. The summed E-state index contributed by atoms with van der Waals surface area (Å²) >= 11 is 1.56. The average molecular weight is 320 g/mol. The third-order valence-corrected chi connectivity index (χ3v) is 4.21. The van der Waals surface area contributed by atoms with Gasteiger partial charge in [0, 0.05) is 42.4 Å². The highest BCUT2D eigenvalue weighted by atomic mass is 32.1. The van der Waals surface area contributed by atoms with E-state index in [-0.39, 0.29) is 12.5 Å². The van der Waals surface area contributed by atoms with E-state index in [2.05, 4.69) is 4.98 Å². The maximum atomic E-state index is 12.6. The summed E-state index contributed by atoms with van der Waals surface area (Å²) in [5, 5.41) is 12.0.